The highest BCUT2D eigenvalue weighted by atomic mass is 16.2. The number of amides is 1. The van der Waals surface area contributed by atoms with E-state index in [1.165, 1.54) is 0 Å². The Morgan fingerprint density at radius 3 is 2.42 bits per heavy atom. The number of hydrogen-bond donors (Lipinski definition) is 1. The van der Waals surface area contributed by atoms with Gasteiger partial charge in [-0.15, -0.1) is 0 Å². The first-order chi connectivity index (χ1) is 9.13. The molecule has 1 aliphatic rings. The van der Waals surface area contributed by atoms with Crippen LogP contribution < -0.4 is 5.32 Å². The minimum absolute atomic E-state index is 0.302. The second-order valence-electron chi connectivity index (χ2n) is 5.47. The van der Waals surface area contributed by atoms with Gasteiger partial charge in [-0.25, -0.2) is 0 Å². The molecule has 1 N–H and O–H groups in total. The van der Waals surface area contributed by atoms with Crippen LogP contribution in [0.4, 0.5) is 0 Å². The van der Waals surface area contributed by atoms with Crippen LogP contribution in [-0.2, 0) is 4.79 Å². The third-order valence-electron chi connectivity index (χ3n) is 3.65. The predicted molar refractivity (Wildman–Crippen MR) is 79.4 cm³/mol. The van der Waals surface area contributed by atoms with E-state index in [0.29, 0.717) is 12.3 Å². The number of likely N-dealkylation sites (N-methyl/N-ethyl adjacent to an activating group) is 1. The molecule has 1 aliphatic heterocycles. The predicted octanol–water partition coefficient (Wildman–Crippen LogP) is 0.0819. The van der Waals surface area contributed by atoms with Gasteiger partial charge in [0.25, 0.3) is 0 Å². The Labute approximate surface area is 117 Å². The highest BCUT2D eigenvalue weighted by Crippen LogP contribution is 2.02. The lowest BCUT2D eigenvalue weighted by molar-refractivity contribution is -0.132. The number of rotatable bonds is 8. The van der Waals surface area contributed by atoms with Crippen LogP contribution in [0.3, 0.4) is 0 Å². The van der Waals surface area contributed by atoms with Crippen molar-refractivity contribution in [3.8, 4) is 0 Å². The third-order valence-corrected chi connectivity index (χ3v) is 3.65. The van der Waals surface area contributed by atoms with E-state index in [4.69, 9.17) is 0 Å². The number of piperazine rings is 1. The first-order valence-corrected chi connectivity index (χ1v) is 7.49. The zero-order valence-electron chi connectivity index (χ0n) is 12.8. The zero-order valence-corrected chi connectivity index (χ0v) is 12.8. The van der Waals surface area contributed by atoms with Gasteiger partial charge in [0.1, 0.15) is 0 Å². The smallest absolute Gasteiger partial charge is 0.223 e. The molecule has 0 saturated carbocycles. The average Bonchev–Trinajstić information content (AvgIpc) is 2.42. The molecule has 0 bridgehead atoms. The van der Waals surface area contributed by atoms with Crippen molar-refractivity contribution in [3.05, 3.63) is 0 Å². The number of nitrogens with one attached hydrogen (secondary N) is 1. The minimum atomic E-state index is 0.302. The largest absolute Gasteiger partial charge is 0.340 e. The molecule has 112 valence electrons. The fourth-order valence-corrected chi connectivity index (χ4v) is 2.31. The van der Waals surface area contributed by atoms with Crippen molar-refractivity contribution in [3.63, 3.8) is 0 Å². The van der Waals surface area contributed by atoms with Gasteiger partial charge in [0, 0.05) is 39.1 Å². The molecule has 1 rings (SSSR count). The minimum Gasteiger partial charge on any atom is -0.340 e. The lowest BCUT2D eigenvalue weighted by Crippen LogP contribution is -2.48. The lowest BCUT2D eigenvalue weighted by Gasteiger charge is -2.34. The summed E-state index contributed by atoms with van der Waals surface area (Å²) in [7, 11) is 4.17. The van der Waals surface area contributed by atoms with Gasteiger partial charge in [-0.05, 0) is 40.2 Å². The van der Waals surface area contributed by atoms with Gasteiger partial charge in [-0.1, -0.05) is 6.92 Å². The SMILES string of the molecule is CCN1CCN(C(=O)CCNCCCN(C)C)CC1. The highest BCUT2D eigenvalue weighted by Gasteiger charge is 2.19. The van der Waals surface area contributed by atoms with Gasteiger partial charge in [0.15, 0.2) is 0 Å². The van der Waals surface area contributed by atoms with Gasteiger partial charge >= 0.3 is 0 Å². The summed E-state index contributed by atoms with van der Waals surface area (Å²) in [5, 5.41) is 3.35. The van der Waals surface area contributed by atoms with E-state index in [1.54, 1.807) is 0 Å². The van der Waals surface area contributed by atoms with Gasteiger partial charge in [0.2, 0.25) is 5.91 Å². The third kappa shape index (κ3) is 6.89. The Bertz CT molecular complexity index is 250. The highest BCUT2D eigenvalue weighted by molar-refractivity contribution is 5.76. The van der Waals surface area contributed by atoms with E-state index in [0.717, 1.165) is 58.8 Å². The molecule has 5 nitrogen and oxygen atoms in total. The maximum Gasteiger partial charge on any atom is 0.223 e. The van der Waals surface area contributed by atoms with Crippen LogP contribution in [0.2, 0.25) is 0 Å². The topological polar surface area (TPSA) is 38.8 Å². The first-order valence-electron chi connectivity index (χ1n) is 7.49. The van der Waals surface area contributed by atoms with Crippen molar-refractivity contribution in [1.29, 1.82) is 0 Å². The van der Waals surface area contributed by atoms with Gasteiger partial charge < -0.3 is 20.0 Å². The van der Waals surface area contributed by atoms with E-state index >= 15 is 0 Å². The molecular weight excluding hydrogens is 240 g/mol. The maximum absolute atomic E-state index is 12.0. The van der Waals surface area contributed by atoms with Crippen LogP contribution in [0.15, 0.2) is 0 Å². The number of nitrogens with zero attached hydrogens (tertiary/aromatic N) is 3. The Hall–Kier alpha value is -0.650. The summed E-state index contributed by atoms with van der Waals surface area (Å²) in [5.41, 5.74) is 0. The fraction of sp³-hybridized carbons (Fsp3) is 0.929. The molecule has 0 radical (unpaired) electrons. The quantitative estimate of drug-likeness (QED) is 0.634. The molecule has 1 saturated heterocycles. The fourth-order valence-electron chi connectivity index (χ4n) is 2.31. The Morgan fingerprint density at radius 2 is 1.84 bits per heavy atom. The second kappa shape index (κ2) is 9.28. The van der Waals surface area contributed by atoms with Crippen molar-refractivity contribution in [2.75, 3.05) is 66.5 Å². The summed E-state index contributed by atoms with van der Waals surface area (Å²) in [5.74, 6) is 0.302. The number of hydrogen-bond acceptors (Lipinski definition) is 4. The van der Waals surface area contributed by atoms with Crippen LogP contribution in [0, 0.1) is 0 Å². The molecule has 0 atom stereocenters. The normalized spacial score (nSPS) is 17.2. The summed E-state index contributed by atoms with van der Waals surface area (Å²) in [6.07, 6.45) is 1.77. The molecule has 1 heterocycles. The van der Waals surface area contributed by atoms with E-state index in [-0.39, 0.29) is 0 Å². The van der Waals surface area contributed by atoms with Crippen molar-refractivity contribution >= 4 is 5.91 Å². The number of carbonyl (C=O) groups is 1. The molecule has 0 spiro atoms. The molecule has 19 heavy (non-hydrogen) atoms. The summed E-state index contributed by atoms with van der Waals surface area (Å²) in [6, 6.07) is 0. The van der Waals surface area contributed by atoms with Gasteiger partial charge in [0.05, 0.1) is 0 Å². The molecule has 0 aromatic carbocycles. The molecule has 1 amide bonds. The molecule has 0 aromatic rings. The molecular formula is C14H30N4O. The van der Waals surface area contributed by atoms with Crippen molar-refractivity contribution < 1.29 is 4.79 Å². The maximum atomic E-state index is 12.0. The molecule has 5 heteroatoms. The van der Waals surface area contributed by atoms with E-state index < -0.39 is 0 Å². The van der Waals surface area contributed by atoms with Crippen molar-refractivity contribution in [2.45, 2.75) is 19.8 Å². The van der Waals surface area contributed by atoms with Crippen molar-refractivity contribution in [1.82, 2.24) is 20.0 Å². The Morgan fingerprint density at radius 1 is 1.16 bits per heavy atom. The molecule has 0 aliphatic carbocycles. The van der Waals surface area contributed by atoms with E-state index in [2.05, 4.69) is 36.1 Å². The monoisotopic (exact) mass is 270 g/mol. The lowest BCUT2D eigenvalue weighted by atomic mass is 10.2. The van der Waals surface area contributed by atoms with Crippen LogP contribution in [0.5, 0.6) is 0 Å². The summed E-state index contributed by atoms with van der Waals surface area (Å²) < 4.78 is 0. The van der Waals surface area contributed by atoms with E-state index in [9.17, 15) is 4.79 Å². The molecule has 0 unspecified atom stereocenters. The van der Waals surface area contributed by atoms with Gasteiger partial charge in [-0.2, -0.15) is 0 Å². The standard InChI is InChI=1S/C14H30N4O/c1-4-17-10-12-18(13-11-17)14(19)6-8-15-7-5-9-16(2)3/h15H,4-13H2,1-3H3. The Kier molecular flexibility index (Phi) is 8.02. The van der Waals surface area contributed by atoms with E-state index in [1.807, 2.05) is 4.90 Å². The summed E-state index contributed by atoms with van der Waals surface area (Å²) in [6.45, 7) is 10.0. The van der Waals surface area contributed by atoms with Crippen LogP contribution >= 0.6 is 0 Å². The van der Waals surface area contributed by atoms with Crippen LogP contribution in [0.25, 0.3) is 0 Å². The van der Waals surface area contributed by atoms with Crippen molar-refractivity contribution in [2.24, 2.45) is 0 Å². The van der Waals surface area contributed by atoms with Crippen LogP contribution in [0.1, 0.15) is 19.8 Å². The van der Waals surface area contributed by atoms with Crippen LogP contribution in [-0.4, -0.2) is 87.1 Å². The zero-order chi connectivity index (χ0) is 14.1. The number of carbonyl (C=O) groups excluding carboxylic acids is 1. The summed E-state index contributed by atoms with van der Waals surface area (Å²) in [4.78, 5) is 18.6. The summed E-state index contributed by atoms with van der Waals surface area (Å²) >= 11 is 0. The second-order valence-corrected chi connectivity index (χ2v) is 5.47. The first kappa shape index (κ1) is 16.4. The molecule has 1 fully saturated rings. The molecule has 0 aromatic heterocycles. The Balaban J connectivity index is 2.02. The van der Waals surface area contributed by atoms with Gasteiger partial charge in [-0.3, -0.25) is 4.79 Å². The average molecular weight is 270 g/mol.